The zero-order valence-electron chi connectivity index (χ0n) is 14.4. The topological polar surface area (TPSA) is 101 Å². The van der Waals surface area contributed by atoms with Gasteiger partial charge in [0.05, 0.1) is 24.7 Å². The number of ether oxygens (including phenoxy) is 1. The van der Waals surface area contributed by atoms with Crippen molar-refractivity contribution >= 4 is 5.91 Å². The SMILES string of the molecule is CC(C)c1cc(C(=O)N2CCOC(CCc3cc(=O)[nH]cn3)C2)on1. The lowest BCUT2D eigenvalue weighted by atomic mass is 10.1. The Morgan fingerprint density at radius 2 is 2.28 bits per heavy atom. The number of amides is 1. The first-order chi connectivity index (χ1) is 12.0. The van der Waals surface area contributed by atoms with E-state index in [4.69, 9.17) is 9.26 Å². The van der Waals surface area contributed by atoms with Crippen LogP contribution in [-0.2, 0) is 11.2 Å². The van der Waals surface area contributed by atoms with Gasteiger partial charge in [0.15, 0.2) is 0 Å². The fraction of sp³-hybridized carbons (Fsp3) is 0.529. The standard InChI is InChI=1S/C17H22N4O4/c1-11(2)14-8-15(25-20-14)17(23)21-5-6-24-13(9-21)4-3-12-7-16(22)19-10-18-12/h7-8,10-11,13H,3-6,9H2,1-2H3,(H,18,19,22). The summed E-state index contributed by atoms with van der Waals surface area (Å²) < 4.78 is 10.9. The highest BCUT2D eigenvalue weighted by Gasteiger charge is 2.27. The van der Waals surface area contributed by atoms with Crippen LogP contribution in [0, 0.1) is 0 Å². The molecule has 0 radical (unpaired) electrons. The summed E-state index contributed by atoms with van der Waals surface area (Å²) in [4.78, 5) is 32.2. The Morgan fingerprint density at radius 3 is 3.00 bits per heavy atom. The third kappa shape index (κ3) is 4.33. The van der Waals surface area contributed by atoms with Gasteiger partial charge in [0.2, 0.25) is 5.76 Å². The average Bonchev–Trinajstić information content (AvgIpc) is 3.10. The van der Waals surface area contributed by atoms with Crippen LogP contribution in [-0.4, -0.2) is 51.7 Å². The third-order valence-corrected chi connectivity index (χ3v) is 4.21. The number of H-pyrrole nitrogens is 1. The molecule has 8 heteroatoms. The van der Waals surface area contributed by atoms with Gasteiger partial charge in [-0.3, -0.25) is 9.59 Å². The summed E-state index contributed by atoms with van der Waals surface area (Å²) in [7, 11) is 0. The molecular weight excluding hydrogens is 324 g/mol. The van der Waals surface area contributed by atoms with Crippen molar-refractivity contribution in [2.45, 2.75) is 38.7 Å². The van der Waals surface area contributed by atoms with Gasteiger partial charge in [0, 0.05) is 30.9 Å². The molecule has 0 bridgehead atoms. The molecule has 1 N–H and O–H groups in total. The number of hydrogen-bond donors (Lipinski definition) is 1. The van der Waals surface area contributed by atoms with Gasteiger partial charge in [-0.2, -0.15) is 0 Å². The van der Waals surface area contributed by atoms with Crippen LogP contribution in [0.1, 0.15) is 48.1 Å². The van der Waals surface area contributed by atoms with E-state index in [1.165, 1.54) is 12.4 Å². The Hall–Kier alpha value is -2.48. The lowest BCUT2D eigenvalue weighted by Gasteiger charge is -2.32. The second-order valence-corrected chi connectivity index (χ2v) is 6.46. The molecule has 0 aliphatic carbocycles. The van der Waals surface area contributed by atoms with E-state index in [0.29, 0.717) is 38.2 Å². The highest BCUT2D eigenvalue weighted by atomic mass is 16.5. The summed E-state index contributed by atoms with van der Waals surface area (Å²) in [5, 5.41) is 3.94. The third-order valence-electron chi connectivity index (χ3n) is 4.21. The van der Waals surface area contributed by atoms with Crippen LogP contribution in [0.2, 0.25) is 0 Å². The molecule has 1 saturated heterocycles. The number of aryl methyl sites for hydroxylation is 1. The summed E-state index contributed by atoms with van der Waals surface area (Å²) in [5.74, 6) is 0.312. The van der Waals surface area contributed by atoms with E-state index in [1.54, 1.807) is 11.0 Å². The van der Waals surface area contributed by atoms with Crippen molar-refractivity contribution in [1.82, 2.24) is 20.0 Å². The number of rotatable bonds is 5. The highest BCUT2D eigenvalue weighted by Crippen LogP contribution is 2.18. The summed E-state index contributed by atoms with van der Waals surface area (Å²) in [6.07, 6.45) is 2.61. The van der Waals surface area contributed by atoms with Crippen molar-refractivity contribution in [2.24, 2.45) is 0 Å². The minimum absolute atomic E-state index is 0.0914. The maximum absolute atomic E-state index is 12.6. The van der Waals surface area contributed by atoms with Crippen molar-refractivity contribution in [2.75, 3.05) is 19.7 Å². The van der Waals surface area contributed by atoms with Crippen molar-refractivity contribution in [3.05, 3.63) is 46.0 Å². The smallest absolute Gasteiger partial charge is 0.292 e. The maximum atomic E-state index is 12.6. The van der Waals surface area contributed by atoms with E-state index in [0.717, 1.165) is 5.69 Å². The highest BCUT2D eigenvalue weighted by molar-refractivity contribution is 5.91. The van der Waals surface area contributed by atoms with Crippen molar-refractivity contribution < 1.29 is 14.1 Å². The number of nitrogens with one attached hydrogen (secondary N) is 1. The van der Waals surface area contributed by atoms with Gasteiger partial charge in [-0.1, -0.05) is 19.0 Å². The Kier molecular flexibility index (Phi) is 5.28. The first-order valence-corrected chi connectivity index (χ1v) is 8.44. The Morgan fingerprint density at radius 1 is 1.44 bits per heavy atom. The van der Waals surface area contributed by atoms with Crippen molar-refractivity contribution in [3.63, 3.8) is 0 Å². The number of carbonyl (C=O) groups excluding carboxylic acids is 1. The summed E-state index contributed by atoms with van der Waals surface area (Å²) >= 11 is 0. The molecule has 2 aromatic heterocycles. The number of morpholine rings is 1. The van der Waals surface area contributed by atoms with Crippen molar-refractivity contribution in [3.8, 4) is 0 Å². The van der Waals surface area contributed by atoms with Crippen molar-refractivity contribution in [1.29, 1.82) is 0 Å². The molecule has 3 heterocycles. The molecule has 1 fully saturated rings. The average molecular weight is 346 g/mol. The normalized spacial score (nSPS) is 17.9. The molecule has 0 spiro atoms. The molecule has 2 aromatic rings. The van der Waals surface area contributed by atoms with E-state index in [-0.39, 0.29) is 29.2 Å². The largest absolute Gasteiger partial charge is 0.375 e. The van der Waals surface area contributed by atoms with E-state index in [2.05, 4.69) is 15.1 Å². The molecule has 1 atom stereocenters. The number of carbonyl (C=O) groups is 1. The lowest BCUT2D eigenvalue weighted by molar-refractivity contribution is -0.0258. The van der Waals surface area contributed by atoms with Crippen LogP contribution in [0.15, 0.2) is 27.8 Å². The molecular formula is C17H22N4O4. The van der Waals surface area contributed by atoms with E-state index < -0.39 is 0 Å². The van der Waals surface area contributed by atoms with Gasteiger partial charge in [-0.25, -0.2) is 4.98 Å². The van der Waals surface area contributed by atoms with Gasteiger partial charge in [0.1, 0.15) is 0 Å². The lowest BCUT2D eigenvalue weighted by Crippen LogP contribution is -2.45. The second-order valence-electron chi connectivity index (χ2n) is 6.46. The first kappa shape index (κ1) is 17.3. The Bertz CT molecular complexity index is 783. The van der Waals surface area contributed by atoms with Gasteiger partial charge in [-0.15, -0.1) is 0 Å². The predicted molar refractivity (Wildman–Crippen MR) is 89.4 cm³/mol. The second kappa shape index (κ2) is 7.60. The van der Waals surface area contributed by atoms with Gasteiger partial charge in [0.25, 0.3) is 11.5 Å². The van der Waals surface area contributed by atoms with Crippen LogP contribution >= 0.6 is 0 Å². The summed E-state index contributed by atoms with van der Waals surface area (Å²) in [6.45, 7) is 5.49. The van der Waals surface area contributed by atoms with Gasteiger partial charge in [-0.05, 0) is 18.8 Å². The Balaban J connectivity index is 1.58. The fourth-order valence-corrected chi connectivity index (χ4v) is 2.75. The molecule has 8 nitrogen and oxygen atoms in total. The van der Waals surface area contributed by atoms with Gasteiger partial charge < -0.3 is 19.1 Å². The molecule has 3 rings (SSSR count). The van der Waals surface area contributed by atoms with Crippen LogP contribution in [0.25, 0.3) is 0 Å². The Labute approximate surface area is 145 Å². The van der Waals surface area contributed by atoms with Crippen LogP contribution in [0.4, 0.5) is 0 Å². The minimum Gasteiger partial charge on any atom is -0.375 e. The number of aromatic nitrogens is 3. The van der Waals surface area contributed by atoms with E-state index >= 15 is 0 Å². The number of aromatic amines is 1. The number of hydrogen-bond acceptors (Lipinski definition) is 6. The van der Waals surface area contributed by atoms with E-state index in [9.17, 15) is 9.59 Å². The molecule has 1 unspecified atom stereocenters. The summed E-state index contributed by atoms with van der Waals surface area (Å²) in [5.41, 5.74) is 1.32. The first-order valence-electron chi connectivity index (χ1n) is 8.44. The van der Waals surface area contributed by atoms with Crippen LogP contribution in [0.5, 0.6) is 0 Å². The van der Waals surface area contributed by atoms with Gasteiger partial charge >= 0.3 is 0 Å². The van der Waals surface area contributed by atoms with Crippen LogP contribution in [0.3, 0.4) is 0 Å². The quantitative estimate of drug-likeness (QED) is 0.877. The monoisotopic (exact) mass is 346 g/mol. The molecule has 1 amide bonds. The molecule has 134 valence electrons. The predicted octanol–water partition coefficient (Wildman–Crippen LogP) is 1.36. The molecule has 25 heavy (non-hydrogen) atoms. The van der Waals surface area contributed by atoms with Crippen LogP contribution < -0.4 is 5.56 Å². The number of nitrogens with zero attached hydrogens (tertiary/aromatic N) is 3. The summed E-state index contributed by atoms with van der Waals surface area (Å²) in [6, 6.07) is 3.19. The molecule has 1 aliphatic heterocycles. The molecule has 0 saturated carbocycles. The fourth-order valence-electron chi connectivity index (χ4n) is 2.75. The van der Waals surface area contributed by atoms with E-state index in [1.807, 2.05) is 13.8 Å². The minimum atomic E-state index is -0.169. The molecule has 0 aromatic carbocycles. The molecule has 1 aliphatic rings. The zero-order valence-corrected chi connectivity index (χ0v) is 14.4. The maximum Gasteiger partial charge on any atom is 0.292 e. The zero-order chi connectivity index (χ0) is 17.8.